The lowest BCUT2D eigenvalue weighted by Gasteiger charge is -2.23. The highest BCUT2D eigenvalue weighted by Gasteiger charge is 2.31. The lowest BCUT2D eigenvalue weighted by molar-refractivity contribution is -0.139. The molecule has 1 unspecified atom stereocenters. The van der Waals surface area contributed by atoms with E-state index in [9.17, 15) is 14.4 Å². The van der Waals surface area contributed by atoms with Gasteiger partial charge in [0, 0.05) is 25.6 Å². The maximum atomic E-state index is 12.1. The Bertz CT molecular complexity index is 341. The highest BCUT2D eigenvalue weighted by molar-refractivity contribution is 5.91. The summed E-state index contributed by atoms with van der Waals surface area (Å²) in [4.78, 5) is 36.3. The second kappa shape index (κ2) is 6.37. The molecule has 0 radical (unpaired) electrons. The van der Waals surface area contributed by atoms with Crippen molar-refractivity contribution in [3.63, 3.8) is 0 Å². The van der Waals surface area contributed by atoms with Crippen LogP contribution in [0.5, 0.6) is 0 Å². The summed E-state index contributed by atoms with van der Waals surface area (Å²) in [7, 11) is 0. The topological polar surface area (TPSA) is 78.5 Å². The van der Waals surface area contributed by atoms with Gasteiger partial charge in [0.2, 0.25) is 17.7 Å². The molecule has 2 N–H and O–H groups in total. The van der Waals surface area contributed by atoms with E-state index in [1.54, 1.807) is 0 Å². The summed E-state index contributed by atoms with van der Waals surface area (Å²) in [5.74, 6) is -0.729. The van der Waals surface area contributed by atoms with Gasteiger partial charge < -0.3 is 15.5 Å². The van der Waals surface area contributed by atoms with Crippen LogP contribution >= 0.6 is 0 Å². The lowest BCUT2D eigenvalue weighted by atomic mass is 10.1. The van der Waals surface area contributed by atoms with E-state index in [4.69, 9.17) is 0 Å². The molecule has 0 aromatic rings. The van der Waals surface area contributed by atoms with E-state index < -0.39 is 0 Å². The van der Waals surface area contributed by atoms with Crippen molar-refractivity contribution >= 4 is 17.7 Å². The van der Waals surface area contributed by atoms with Gasteiger partial charge in [-0.2, -0.15) is 0 Å². The number of hydrogen-bond donors (Lipinski definition) is 2. The molecule has 0 aromatic carbocycles. The van der Waals surface area contributed by atoms with E-state index in [0.717, 1.165) is 0 Å². The van der Waals surface area contributed by atoms with Gasteiger partial charge in [-0.05, 0) is 20.8 Å². The zero-order chi connectivity index (χ0) is 13.7. The zero-order valence-electron chi connectivity index (χ0n) is 11.2. The Morgan fingerprint density at radius 2 is 2.17 bits per heavy atom. The van der Waals surface area contributed by atoms with Crippen molar-refractivity contribution in [1.82, 2.24) is 15.5 Å². The summed E-state index contributed by atoms with van der Waals surface area (Å²) in [6, 6.07) is 0.0565. The average molecular weight is 255 g/mol. The molecule has 1 aliphatic rings. The molecule has 0 saturated carbocycles. The molecule has 1 saturated heterocycles. The van der Waals surface area contributed by atoms with Crippen LogP contribution in [-0.4, -0.2) is 48.3 Å². The lowest BCUT2D eigenvalue weighted by Crippen LogP contribution is -2.45. The van der Waals surface area contributed by atoms with Crippen molar-refractivity contribution in [1.29, 1.82) is 0 Å². The Labute approximate surface area is 107 Å². The predicted octanol–water partition coefficient (Wildman–Crippen LogP) is -0.504. The molecule has 0 aliphatic carbocycles. The summed E-state index contributed by atoms with van der Waals surface area (Å²) in [5, 5.41) is 5.37. The Morgan fingerprint density at radius 3 is 2.61 bits per heavy atom. The van der Waals surface area contributed by atoms with E-state index in [1.165, 1.54) is 4.90 Å². The Morgan fingerprint density at radius 1 is 1.50 bits per heavy atom. The van der Waals surface area contributed by atoms with Gasteiger partial charge in [0.1, 0.15) is 0 Å². The first-order valence-corrected chi connectivity index (χ1v) is 6.28. The molecule has 102 valence electrons. The van der Waals surface area contributed by atoms with Crippen LogP contribution in [0.15, 0.2) is 0 Å². The second-order valence-corrected chi connectivity index (χ2v) is 4.78. The first kappa shape index (κ1) is 14.5. The van der Waals surface area contributed by atoms with E-state index in [-0.39, 0.29) is 42.6 Å². The maximum Gasteiger partial charge on any atom is 0.239 e. The van der Waals surface area contributed by atoms with Crippen LogP contribution in [-0.2, 0) is 14.4 Å². The minimum Gasteiger partial charge on any atom is -0.355 e. The van der Waals surface area contributed by atoms with Crippen LogP contribution in [0.4, 0.5) is 0 Å². The summed E-state index contributed by atoms with van der Waals surface area (Å²) in [6.45, 7) is 6.46. The largest absolute Gasteiger partial charge is 0.355 e. The molecule has 1 heterocycles. The van der Waals surface area contributed by atoms with Crippen molar-refractivity contribution in [3.05, 3.63) is 0 Å². The zero-order valence-corrected chi connectivity index (χ0v) is 11.2. The van der Waals surface area contributed by atoms with Crippen molar-refractivity contribution in [2.24, 2.45) is 5.92 Å². The molecule has 1 fully saturated rings. The standard InChI is InChI=1S/C12H21N3O3/c1-4-15(7-11(17)14-8(2)3)12(18)9-5-10(16)13-6-9/h8-9H,4-7H2,1-3H3,(H,13,16)(H,14,17). The van der Waals surface area contributed by atoms with Gasteiger partial charge >= 0.3 is 0 Å². The smallest absolute Gasteiger partial charge is 0.239 e. The van der Waals surface area contributed by atoms with Gasteiger partial charge in [-0.1, -0.05) is 0 Å². The first-order chi connectivity index (χ1) is 8.43. The van der Waals surface area contributed by atoms with Crippen LogP contribution in [0.25, 0.3) is 0 Å². The number of carbonyl (C=O) groups is 3. The van der Waals surface area contributed by atoms with Crippen LogP contribution in [0.3, 0.4) is 0 Å². The molecule has 1 atom stereocenters. The summed E-state index contributed by atoms with van der Waals surface area (Å²) >= 11 is 0. The van der Waals surface area contributed by atoms with Gasteiger partial charge in [-0.25, -0.2) is 0 Å². The van der Waals surface area contributed by atoms with E-state index in [2.05, 4.69) is 10.6 Å². The third kappa shape index (κ3) is 4.01. The monoisotopic (exact) mass is 255 g/mol. The molecule has 3 amide bonds. The van der Waals surface area contributed by atoms with Crippen LogP contribution in [0.1, 0.15) is 27.2 Å². The summed E-state index contributed by atoms with van der Waals surface area (Å²) < 4.78 is 0. The number of hydrogen-bond acceptors (Lipinski definition) is 3. The van der Waals surface area contributed by atoms with Gasteiger partial charge in [0.15, 0.2) is 0 Å². The molecule has 6 nitrogen and oxygen atoms in total. The van der Waals surface area contributed by atoms with Gasteiger partial charge in [-0.15, -0.1) is 0 Å². The molecule has 1 rings (SSSR count). The van der Waals surface area contributed by atoms with Crippen molar-refractivity contribution in [2.45, 2.75) is 33.2 Å². The molecule has 18 heavy (non-hydrogen) atoms. The van der Waals surface area contributed by atoms with E-state index >= 15 is 0 Å². The molecule has 0 aromatic heterocycles. The molecule has 6 heteroatoms. The van der Waals surface area contributed by atoms with Gasteiger partial charge in [-0.3, -0.25) is 14.4 Å². The third-order valence-electron chi connectivity index (χ3n) is 2.80. The number of rotatable bonds is 5. The number of nitrogens with zero attached hydrogens (tertiary/aromatic N) is 1. The van der Waals surface area contributed by atoms with Gasteiger partial charge in [0.05, 0.1) is 12.5 Å². The fourth-order valence-electron chi connectivity index (χ4n) is 1.92. The van der Waals surface area contributed by atoms with E-state index in [1.807, 2.05) is 20.8 Å². The third-order valence-corrected chi connectivity index (χ3v) is 2.80. The minimum atomic E-state index is -0.329. The minimum absolute atomic E-state index is 0.0538. The van der Waals surface area contributed by atoms with Crippen LogP contribution in [0.2, 0.25) is 0 Å². The summed E-state index contributed by atoms with van der Waals surface area (Å²) in [5.41, 5.74) is 0. The van der Waals surface area contributed by atoms with Crippen LogP contribution < -0.4 is 10.6 Å². The Hall–Kier alpha value is -1.59. The fourth-order valence-corrected chi connectivity index (χ4v) is 1.92. The first-order valence-electron chi connectivity index (χ1n) is 6.28. The predicted molar refractivity (Wildman–Crippen MR) is 66.6 cm³/mol. The summed E-state index contributed by atoms with van der Waals surface area (Å²) in [6.07, 6.45) is 0.223. The molecule has 1 aliphatic heterocycles. The van der Waals surface area contributed by atoms with Crippen molar-refractivity contribution in [3.8, 4) is 0 Å². The van der Waals surface area contributed by atoms with Crippen molar-refractivity contribution < 1.29 is 14.4 Å². The maximum absolute atomic E-state index is 12.1. The molecular formula is C12H21N3O3. The molecule has 0 spiro atoms. The second-order valence-electron chi connectivity index (χ2n) is 4.78. The number of likely N-dealkylation sites (N-methyl/N-ethyl adjacent to an activating group) is 1. The number of carbonyl (C=O) groups excluding carboxylic acids is 3. The van der Waals surface area contributed by atoms with Crippen molar-refractivity contribution in [2.75, 3.05) is 19.6 Å². The quantitative estimate of drug-likeness (QED) is 0.695. The number of nitrogens with one attached hydrogen (secondary N) is 2. The molecular weight excluding hydrogens is 234 g/mol. The normalized spacial score (nSPS) is 18.7. The Balaban J connectivity index is 2.52. The highest BCUT2D eigenvalue weighted by atomic mass is 16.2. The SMILES string of the molecule is CCN(CC(=O)NC(C)C)C(=O)C1CNC(=O)C1. The van der Waals surface area contributed by atoms with E-state index in [0.29, 0.717) is 13.1 Å². The fraction of sp³-hybridized carbons (Fsp3) is 0.750. The highest BCUT2D eigenvalue weighted by Crippen LogP contribution is 2.12. The van der Waals surface area contributed by atoms with Gasteiger partial charge in [0.25, 0.3) is 0 Å². The Kier molecular flexibility index (Phi) is 5.12. The number of amides is 3. The molecule has 0 bridgehead atoms. The average Bonchev–Trinajstić information content (AvgIpc) is 2.70. The van der Waals surface area contributed by atoms with Crippen LogP contribution in [0, 0.1) is 5.92 Å².